The number of nitrogens with one attached hydrogen (secondary N) is 1. The molecular weight excluding hydrogens is 398 g/mol. The van der Waals surface area contributed by atoms with Gasteiger partial charge in [0.25, 0.3) is 0 Å². The zero-order valence-corrected chi connectivity index (χ0v) is 17.2. The number of aromatic nitrogens is 1. The van der Waals surface area contributed by atoms with E-state index in [0.29, 0.717) is 13.0 Å². The molecule has 4 aromatic rings. The number of rotatable bonds is 8. The highest BCUT2D eigenvalue weighted by Gasteiger charge is 2.11. The lowest BCUT2D eigenvalue weighted by Crippen LogP contribution is -2.03. The van der Waals surface area contributed by atoms with Crippen molar-refractivity contribution in [2.45, 2.75) is 19.3 Å². The lowest BCUT2D eigenvalue weighted by molar-refractivity contribution is -0.136. The first kappa shape index (κ1) is 20.0. The number of carboxylic acid groups (broad SMARTS) is 1. The van der Waals surface area contributed by atoms with Gasteiger partial charge < -0.3 is 14.8 Å². The molecule has 3 aromatic carbocycles. The molecule has 4 rings (SSSR count). The van der Waals surface area contributed by atoms with Gasteiger partial charge in [0.15, 0.2) is 0 Å². The first-order valence-corrected chi connectivity index (χ1v) is 10.3. The first-order chi connectivity index (χ1) is 14.6. The maximum absolute atomic E-state index is 11.0. The fourth-order valence-corrected chi connectivity index (χ4v) is 3.74. The first-order valence-electron chi connectivity index (χ1n) is 9.88. The van der Waals surface area contributed by atoms with Gasteiger partial charge in [-0.25, -0.2) is 0 Å². The van der Waals surface area contributed by atoms with Gasteiger partial charge >= 0.3 is 5.97 Å². The Labute approximate surface area is 180 Å². The summed E-state index contributed by atoms with van der Waals surface area (Å²) in [6.07, 6.45) is 3.25. The maximum Gasteiger partial charge on any atom is 0.303 e. The van der Waals surface area contributed by atoms with E-state index < -0.39 is 5.97 Å². The number of carbonyl (C=O) groups is 1. The van der Waals surface area contributed by atoms with Crippen molar-refractivity contribution in [1.82, 2.24) is 4.98 Å². The molecule has 0 saturated heterocycles. The van der Waals surface area contributed by atoms with Crippen LogP contribution in [0.4, 0.5) is 0 Å². The smallest absolute Gasteiger partial charge is 0.303 e. The maximum atomic E-state index is 11.0. The molecule has 30 heavy (non-hydrogen) atoms. The van der Waals surface area contributed by atoms with Crippen LogP contribution in [-0.2, 0) is 17.6 Å². The molecule has 0 unspecified atom stereocenters. The van der Waals surface area contributed by atoms with Gasteiger partial charge in [-0.2, -0.15) is 0 Å². The molecule has 2 N–H and O–H groups in total. The molecule has 4 nitrogen and oxygen atoms in total. The van der Waals surface area contributed by atoms with E-state index in [2.05, 4.69) is 17.1 Å². The Morgan fingerprint density at radius 1 is 0.967 bits per heavy atom. The third-order valence-corrected chi connectivity index (χ3v) is 5.31. The number of carboxylic acids is 1. The molecule has 0 fully saturated rings. The number of benzene rings is 3. The summed E-state index contributed by atoms with van der Waals surface area (Å²) in [7, 11) is 0. The number of aliphatic carboxylic acids is 1. The lowest BCUT2D eigenvalue weighted by Gasteiger charge is -2.14. The Kier molecular flexibility index (Phi) is 6.05. The second kappa shape index (κ2) is 9.06. The Morgan fingerprint density at radius 3 is 2.67 bits per heavy atom. The SMILES string of the molecule is O=C(O)CCc1ccc(OCCc2cccc(Cl)c2)c(-c2ccc3[nH]ccc3c2)c1. The molecular formula is C25H22ClNO3. The highest BCUT2D eigenvalue weighted by atomic mass is 35.5. The molecule has 0 radical (unpaired) electrons. The summed E-state index contributed by atoms with van der Waals surface area (Å²) in [5, 5.41) is 10.9. The Morgan fingerprint density at radius 2 is 1.83 bits per heavy atom. The number of hydrogen-bond acceptors (Lipinski definition) is 2. The van der Waals surface area contributed by atoms with Crippen molar-refractivity contribution in [3.63, 3.8) is 0 Å². The summed E-state index contributed by atoms with van der Waals surface area (Å²) >= 11 is 6.07. The minimum Gasteiger partial charge on any atom is -0.493 e. The molecule has 1 heterocycles. The van der Waals surface area contributed by atoms with Crippen molar-refractivity contribution in [3.8, 4) is 16.9 Å². The zero-order valence-electron chi connectivity index (χ0n) is 16.4. The molecule has 0 atom stereocenters. The van der Waals surface area contributed by atoms with E-state index in [0.717, 1.165) is 50.3 Å². The van der Waals surface area contributed by atoms with Gasteiger partial charge in [0.1, 0.15) is 5.75 Å². The number of hydrogen-bond donors (Lipinski definition) is 2. The minimum atomic E-state index is -0.799. The van der Waals surface area contributed by atoms with Crippen LogP contribution in [0, 0.1) is 0 Å². The van der Waals surface area contributed by atoms with Crippen LogP contribution < -0.4 is 4.74 Å². The number of fused-ring (bicyclic) bond motifs is 1. The minimum absolute atomic E-state index is 0.102. The van der Waals surface area contributed by atoms with Crippen molar-refractivity contribution in [2.75, 3.05) is 6.61 Å². The van der Waals surface area contributed by atoms with E-state index in [-0.39, 0.29) is 6.42 Å². The highest BCUT2D eigenvalue weighted by molar-refractivity contribution is 6.30. The van der Waals surface area contributed by atoms with Crippen LogP contribution in [0.2, 0.25) is 5.02 Å². The van der Waals surface area contributed by atoms with E-state index in [1.54, 1.807) is 0 Å². The van der Waals surface area contributed by atoms with Crippen LogP contribution in [0.15, 0.2) is 72.9 Å². The van der Waals surface area contributed by atoms with E-state index in [4.69, 9.17) is 21.4 Å². The van der Waals surface area contributed by atoms with Gasteiger partial charge in [-0.15, -0.1) is 0 Å². The standard InChI is InChI=1S/C25H22ClNO3/c26-21-3-1-2-17(14-21)11-13-30-24-8-4-18(5-9-25(28)29)15-22(24)19-6-7-23-20(16-19)10-12-27-23/h1-4,6-8,10,12,14-16,27H,5,9,11,13H2,(H,28,29). The third kappa shape index (κ3) is 4.84. The molecule has 0 aliphatic heterocycles. The van der Waals surface area contributed by atoms with E-state index in [1.165, 1.54) is 0 Å². The van der Waals surface area contributed by atoms with Crippen LogP contribution in [0.1, 0.15) is 17.5 Å². The predicted octanol–water partition coefficient (Wildman–Crippen LogP) is 6.13. The Balaban J connectivity index is 1.60. The summed E-state index contributed by atoms with van der Waals surface area (Å²) in [6.45, 7) is 0.522. The van der Waals surface area contributed by atoms with Crippen molar-refractivity contribution >= 4 is 28.5 Å². The van der Waals surface area contributed by atoms with Crippen LogP contribution in [0.3, 0.4) is 0 Å². The summed E-state index contributed by atoms with van der Waals surface area (Å²) in [4.78, 5) is 14.2. The fourth-order valence-electron chi connectivity index (χ4n) is 3.53. The van der Waals surface area contributed by atoms with Crippen LogP contribution in [-0.4, -0.2) is 22.7 Å². The van der Waals surface area contributed by atoms with Crippen molar-refractivity contribution < 1.29 is 14.6 Å². The van der Waals surface area contributed by atoms with Crippen LogP contribution in [0.25, 0.3) is 22.0 Å². The second-order valence-corrected chi connectivity index (χ2v) is 7.67. The molecule has 0 aliphatic carbocycles. The number of ether oxygens (including phenoxy) is 1. The van der Waals surface area contributed by atoms with Crippen molar-refractivity contribution in [1.29, 1.82) is 0 Å². The fraction of sp³-hybridized carbons (Fsp3) is 0.160. The van der Waals surface area contributed by atoms with Crippen LogP contribution in [0.5, 0.6) is 5.75 Å². The molecule has 5 heteroatoms. The number of halogens is 1. The van der Waals surface area contributed by atoms with Crippen molar-refractivity contribution in [2.24, 2.45) is 0 Å². The second-order valence-electron chi connectivity index (χ2n) is 7.23. The number of aryl methyl sites for hydroxylation is 1. The average molecular weight is 420 g/mol. The quantitative estimate of drug-likeness (QED) is 0.361. The van der Waals surface area contributed by atoms with Gasteiger partial charge in [-0.05, 0) is 71.0 Å². The van der Waals surface area contributed by atoms with E-state index >= 15 is 0 Å². The Bertz CT molecular complexity index is 1180. The zero-order chi connectivity index (χ0) is 20.9. The molecule has 0 saturated carbocycles. The lowest BCUT2D eigenvalue weighted by atomic mass is 9.99. The van der Waals surface area contributed by atoms with Gasteiger partial charge in [-0.1, -0.05) is 35.9 Å². The summed E-state index contributed by atoms with van der Waals surface area (Å²) < 4.78 is 6.14. The molecule has 0 bridgehead atoms. The summed E-state index contributed by atoms with van der Waals surface area (Å²) in [5.74, 6) is -0.0156. The number of H-pyrrole nitrogens is 1. The monoisotopic (exact) mass is 419 g/mol. The molecule has 0 aliphatic rings. The third-order valence-electron chi connectivity index (χ3n) is 5.07. The van der Waals surface area contributed by atoms with E-state index in [9.17, 15) is 4.79 Å². The normalized spacial score (nSPS) is 11.0. The summed E-state index contributed by atoms with van der Waals surface area (Å²) in [6, 6.07) is 21.9. The van der Waals surface area contributed by atoms with Crippen molar-refractivity contribution in [3.05, 3.63) is 89.1 Å². The number of aromatic amines is 1. The highest BCUT2D eigenvalue weighted by Crippen LogP contribution is 2.33. The van der Waals surface area contributed by atoms with Gasteiger partial charge in [0, 0.05) is 35.1 Å². The topological polar surface area (TPSA) is 62.3 Å². The Hall–Kier alpha value is -3.24. The van der Waals surface area contributed by atoms with Gasteiger partial charge in [-0.3, -0.25) is 4.79 Å². The largest absolute Gasteiger partial charge is 0.493 e. The molecule has 1 aromatic heterocycles. The molecule has 152 valence electrons. The van der Waals surface area contributed by atoms with Gasteiger partial charge in [0.05, 0.1) is 6.61 Å². The average Bonchev–Trinajstić information content (AvgIpc) is 3.21. The van der Waals surface area contributed by atoms with E-state index in [1.807, 2.05) is 60.8 Å². The van der Waals surface area contributed by atoms with Gasteiger partial charge in [0.2, 0.25) is 0 Å². The van der Waals surface area contributed by atoms with Crippen LogP contribution >= 0.6 is 11.6 Å². The molecule has 0 spiro atoms. The predicted molar refractivity (Wildman–Crippen MR) is 120 cm³/mol. The summed E-state index contributed by atoms with van der Waals surface area (Å²) in [5.41, 5.74) is 5.17. The molecule has 0 amide bonds.